The fourth-order valence-electron chi connectivity index (χ4n) is 1.60. The van der Waals surface area contributed by atoms with Gasteiger partial charge >= 0.3 is 0 Å². The van der Waals surface area contributed by atoms with Crippen molar-refractivity contribution in [3.63, 3.8) is 0 Å². The van der Waals surface area contributed by atoms with Crippen LogP contribution in [0, 0.1) is 0 Å². The molecule has 0 aromatic heterocycles. The Morgan fingerprint density at radius 2 is 1.94 bits per heavy atom. The molecule has 0 bridgehead atoms. The molecule has 1 aromatic carbocycles. The van der Waals surface area contributed by atoms with Gasteiger partial charge in [0.15, 0.2) is 0 Å². The maximum atomic E-state index is 12.2. The maximum Gasteiger partial charge on any atom is 0.244 e. The number of hydrogen-bond acceptors (Lipinski definition) is 3. The highest BCUT2D eigenvalue weighted by Gasteiger charge is 2.22. The maximum absolute atomic E-state index is 12.2. The molecule has 102 valence electrons. The molecule has 1 rings (SSSR count). The van der Waals surface area contributed by atoms with Gasteiger partial charge in [-0.05, 0) is 31.0 Å². The van der Waals surface area contributed by atoms with E-state index in [4.69, 9.17) is 16.3 Å². The molecule has 18 heavy (non-hydrogen) atoms. The summed E-state index contributed by atoms with van der Waals surface area (Å²) in [5, 5.41) is 0.362. The fraction of sp³-hybridized carbons (Fsp3) is 0.500. The van der Waals surface area contributed by atoms with Crippen molar-refractivity contribution in [1.29, 1.82) is 0 Å². The molecule has 6 heteroatoms. The van der Waals surface area contributed by atoms with Crippen molar-refractivity contribution in [2.75, 3.05) is 7.11 Å². The predicted octanol–water partition coefficient (Wildman–Crippen LogP) is 2.82. The minimum absolute atomic E-state index is 0.0735. The third-order valence-corrected chi connectivity index (χ3v) is 4.50. The lowest BCUT2D eigenvalue weighted by molar-refractivity contribution is 0.402. The summed E-state index contributed by atoms with van der Waals surface area (Å²) in [6.07, 6.45) is 1.47. The van der Waals surface area contributed by atoms with Crippen LogP contribution in [0.4, 0.5) is 0 Å². The molecule has 0 aliphatic carbocycles. The molecule has 0 saturated heterocycles. The summed E-state index contributed by atoms with van der Waals surface area (Å²) in [4.78, 5) is 0.0735. The Morgan fingerprint density at radius 1 is 1.33 bits per heavy atom. The zero-order valence-electron chi connectivity index (χ0n) is 10.7. The van der Waals surface area contributed by atoms with Crippen molar-refractivity contribution in [2.24, 2.45) is 0 Å². The Kier molecular flexibility index (Phi) is 5.44. The van der Waals surface area contributed by atoms with Crippen LogP contribution in [-0.4, -0.2) is 21.6 Å². The van der Waals surface area contributed by atoms with Crippen molar-refractivity contribution >= 4 is 21.6 Å². The van der Waals surface area contributed by atoms with Crippen LogP contribution >= 0.6 is 11.6 Å². The molecular formula is C12H18ClNO3S. The van der Waals surface area contributed by atoms with Crippen LogP contribution in [0.5, 0.6) is 5.75 Å². The van der Waals surface area contributed by atoms with Crippen LogP contribution in [-0.2, 0) is 10.0 Å². The number of nitrogens with one attached hydrogen (secondary N) is 1. The normalized spacial score (nSPS) is 11.8. The van der Waals surface area contributed by atoms with Gasteiger partial charge in [-0.2, -0.15) is 0 Å². The molecule has 0 saturated carbocycles. The van der Waals surface area contributed by atoms with Gasteiger partial charge in [-0.15, -0.1) is 0 Å². The van der Waals surface area contributed by atoms with Crippen LogP contribution in [0.25, 0.3) is 0 Å². The molecule has 0 fully saturated rings. The lowest BCUT2D eigenvalue weighted by Crippen LogP contribution is -2.34. The summed E-state index contributed by atoms with van der Waals surface area (Å²) in [6, 6.07) is 4.45. The van der Waals surface area contributed by atoms with E-state index in [1.54, 1.807) is 12.1 Å². The van der Waals surface area contributed by atoms with Crippen molar-refractivity contribution in [1.82, 2.24) is 4.72 Å². The van der Waals surface area contributed by atoms with E-state index in [1.807, 2.05) is 13.8 Å². The molecule has 4 nitrogen and oxygen atoms in total. The number of sulfonamides is 1. The first-order valence-electron chi connectivity index (χ1n) is 5.80. The summed E-state index contributed by atoms with van der Waals surface area (Å²) >= 11 is 5.84. The second kappa shape index (κ2) is 6.41. The second-order valence-corrected chi connectivity index (χ2v) is 6.05. The highest BCUT2D eigenvalue weighted by Crippen LogP contribution is 2.27. The lowest BCUT2D eigenvalue weighted by Gasteiger charge is -2.16. The smallest absolute Gasteiger partial charge is 0.244 e. The van der Waals surface area contributed by atoms with Gasteiger partial charge in [0.05, 0.1) is 7.11 Å². The Balaban J connectivity index is 3.15. The summed E-state index contributed by atoms with van der Waals surface area (Å²) in [5.41, 5.74) is 0. The molecule has 0 aliphatic heterocycles. The van der Waals surface area contributed by atoms with Crippen molar-refractivity contribution in [3.05, 3.63) is 23.2 Å². The zero-order chi connectivity index (χ0) is 13.8. The third kappa shape index (κ3) is 3.60. The van der Waals surface area contributed by atoms with Crippen molar-refractivity contribution in [3.8, 4) is 5.75 Å². The summed E-state index contributed by atoms with van der Waals surface area (Å²) in [6.45, 7) is 3.87. The van der Waals surface area contributed by atoms with Gasteiger partial charge in [-0.1, -0.05) is 25.4 Å². The first kappa shape index (κ1) is 15.3. The van der Waals surface area contributed by atoms with Crippen LogP contribution in [0.1, 0.15) is 26.7 Å². The van der Waals surface area contributed by atoms with E-state index in [0.717, 1.165) is 12.8 Å². The Morgan fingerprint density at radius 3 is 2.44 bits per heavy atom. The van der Waals surface area contributed by atoms with Crippen LogP contribution in [0.2, 0.25) is 5.02 Å². The van der Waals surface area contributed by atoms with Gasteiger partial charge in [0.1, 0.15) is 10.6 Å². The number of rotatable bonds is 6. The Labute approximate surface area is 113 Å². The van der Waals surface area contributed by atoms with Gasteiger partial charge in [0, 0.05) is 11.1 Å². The predicted molar refractivity (Wildman–Crippen MR) is 72.7 cm³/mol. The van der Waals surface area contributed by atoms with Crippen LogP contribution < -0.4 is 9.46 Å². The molecule has 0 unspecified atom stereocenters. The first-order chi connectivity index (χ1) is 8.44. The molecule has 0 spiro atoms. The zero-order valence-corrected chi connectivity index (χ0v) is 12.3. The minimum Gasteiger partial charge on any atom is -0.495 e. The number of ether oxygens (including phenoxy) is 1. The topological polar surface area (TPSA) is 55.4 Å². The monoisotopic (exact) mass is 291 g/mol. The summed E-state index contributed by atoms with van der Waals surface area (Å²) < 4.78 is 32.2. The van der Waals surface area contributed by atoms with E-state index in [2.05, 4.69) is 4.72 Å². The van der Waals surface area contributed by atoms with Gasteiger partial charge in [0.2, 0.25) is 10.0 Å². The van der Waals surface area contributed by atoms with E-state index in [1.165, 1.54) is 13.2 Å². The number of hydrogen-bond donors (Lipinski definition) is 1. The van der Waals surface area contributed by atoms with E-state index in [9.17, 15) is 8.42 Å². The average Bonchev–Trinajstić information content (AvgIpc) is 2.36. The molecule has 0 amide bonds. The Hall–Kier alpha value is -0.780. The van der Waals surface area contributed by atoms with Gasteiger partial charge in [0.25, 0.3) is 0 Å². The second-order valence-electron chi connectivity index (χ2n) is 3.93. The van der Waals surface area contributed by atoms with E-state index in [0.29, 0.717) is 5.02 Å². The Bertz CT molecular complexity index is 498. The molecule has 0 atom stereocenters. The molecule has 1 aromatic rings. The van der Waals surface area contributed by atoms with Gasteiger partial charge < -0.3 is 4.74 Å². The molecule has 0 radical (unpaired) electrons. The quantitative estimate of drug-likeness (QED) is 0.877. The average molecular weight is 292 g/mol. The largest absolute Gasteiger partial charge is 0.495 e. The van der Waals surface area contributed by atoms with E-state index in [-0.39, 0.29) is 16.7 Å². The van der Waals surface area contributed by atoms with Crippen molar-refractivity contribution < 1.29 is 13.2 Å². The summed E-state index contributed by atoms with van der Waals surface area (Å²) in [7, 11) is -2.18. The first-order valence-corrected chi connectivity index (χ1v) is 7.66. The molecule has 0 aliphatic rings. The van der Waals surface area contributed by atoms with Crippen molar-refractivity contribution in [2.45, 2.75) is 37.6 Å². The minimum atomic E-state index is -3.61. The number of halogens is 1. The van der Waals surface area contributed by atoms with E-state index >= 15 is 0 Å². The number of methoxy groups -OCH3 is 1. The van der Waals surface area contributed by atoms with Crippen LogP contribution in [0.3, 0.4) is 0 Å². The molecule has 0 heterocycles. The molecule has 1 N–H and O–H groups in total. The van der Waals surface area contributed by atoms with E-state index < -0.39 is 10.0 Å². The third-order valence-electron chi connectivity index (χ3n) is 2.72. The lowest BCUT2D eigenvalue weighted by atomic mass is 10.2. The summed E-state index contributed by atoms with van der Waals surface area (Å²) in [5.74, 6) is 0.290. The van der Waals surface area contributed by atoms with Crippen LogP contribution in [0.15, 0.2) is 23.1 Å². The molecular weight excluding hydrogens is 274 g/mol. The van der Waals surface area contributed by atoms with Gasteiger partial charge in [-0.25, -0.2) is 13.1 Å². The number of benzene rings is 1. The highest BCUT2D eigenvalue weighted by molar-refractivity contribution is 7.89. The standard InChI is InChI=1S/C12H18ClNO3S/c1-4-10(5-2)14-18(15,16)12-8-9(13)6-7-11(12)17-3/h6-8,10,14H,4-5H2,1-3H3. The van der Waals surface area contributed by atoms with Gasteiger partial charge in [-0.3, -0.25) is 0 Å². The SMILES string of the molecule is CCC(CC)NS(=O)(=O)c1cc(Cl)ccc1OC. The fourth-order valence-corrected chi connectivity index (χ4v) is 3.43. The highest BCUT2D eigenvalue weighted by atomic mass is 35.5.